The van der Waals surface area contributed by atoms with E-state index in [1.165, 1.54) is 5.56 Å². The number of hydrogen-bond donors (Lipinski definition) is 2. The van der Waals surface area contributed by atoms with Crippen molar-refractivity contribution in [1.82, 2.24) is 15.5 Å². The summed E-state index contributed by atoms with van der Waals surface area (Å²) in [6.07, 6.45) is 0. The number of carbonyl (C=O) groups is 1. The van der Waals surface area contributed by atoms with Crippen LogP contribution in [-0.4, -0.2) is 31.1 Å². The van der Waals surface area contributed by atoms with Gasteiger partial charge in [0.15, 0.2) is 0 Å². The largest absolute Gasteiger partial charge is 0.459 e. The molecule has 2 N–H and O–H groups in total. The second-order valence-corrected chi connectivity index (χ2v) is 6.53. The second kappa shape index (κ2) is 8.54. The number of benzene rings is 2. The summed E-state index contributed by atoms with van der Waals surface area (Å²) >= 11 is 0. The molecule has 5 heteroatoms. The lowest BCUT2D eigenvalue weighted by Crippen LogP contribution is -2.40. The molecule has 0 spiro atoms. The first-order valence-electron chi connectivity index (χ1n) is 8.87. The summed E-state index contributed by atoms with van der Waals surface area (Å²) in [5.41, 5.74) is 2.09. The summed E-state index contributed by atoms with van der Waals surface area (Å²) < 4.78 is 5.79. The average molecular weight is 351 g/mol. The molecule has 0 saturated heterocycles. The Bertz CT molecular complexity index is 812. The second-order valence-electron chi connectivity index (χ2n) is 6.53. The Labute approximate surface area is 154 Å². The third-order valence-corrected chi connectivity index (χ3v) is 4.29. The van der Waals surface area contributed by atoms with Crippen molar-refractivity contribution in [3.63, 3.8) is 0 Å². The van der Waals surface area contributed by atoms with E-state index in [1.807, 2.05) is 62.5 Å². The van der Waals surface area contributed by atoms with E-state index in [0.717, 1.165) is 29.8 Å². The third-order valence-electron chi connectivity index (χ3n) is 4.29. The van der Waals surface area contributed by atoms with Gasteiger partial charge in [0.05, 0.1) is 6.04 Å². The highest BCUT2D eigenvalue weighted by atomic mass is 16.3. The van der Waals surface area contributed by atoms with Gasteiger partial charge in [-0.15, -0.1) is 0 Å². The molecule has 26 heavy (non-hydrogen) atoms. The maximum atomic E-state index is 12.1. The van der Waals surface area contributed by atoms with Crippen molar-refractivity contribution in [2.24, 2.45) is 0 Å². The Balaban J connectivity index is 1.42. The van der Waals surface area contributed by atoms with Crippen LogP contribution in [0.15, 0.2) is 65.1 Å². The summed E-state index contributed by atoms with van der Waals surface area (Å²) in [7, 11) is 2.05. The van der Waals surface area contributed by atoms with Crippen molar-refractivity contribution in [1.29, 1.82) is 0 Å². The van der Waals surface area contributed by atoms with Crippen LogP contribution in [0.5, 0.6) is 0 Å². The number of likely N-dealkylation sites (N-methyl/N-ethyl adjacent to an activating group) is 1. The molecular weight excluding hydrogens is 326 g/mol. The van der Waals surface area contributed by atoms with Crippen molar-refractivity contribution in [2.75, 3.05) is 20.1 Å². The number of fused-ring (bicyclic) bond motifs is 1. The fraction of sp³-hybridized carbons (Fsp3) is 0.286. The maximum Gasteiger partial charge on any atom is 0.315 e. The highest BCUT2D eigenvalue weighted by Crippen LogP contribution is 2.23. The van der Waals surface area contributed by atoms with Gasteiger partial charge >= 0.3 is 6.03 Å². The Hall–Kier alpha value is -2.79. The van der Waals surface area contributed by atoms with Gasteiger partial charge in [0.25, 0.3) is 0 Å². The minimum Gasteiger partial charge on any atom is -0.459 e. The van der Waals surface area contributed by atoms with E-state index < -0.39 is 0 Å². The quantitative estimate of drug-likeness (QED) is 0.678. The predicted molar refractivity (Wildman–Crippen MR) is 104 cm³/mol. The van der Waals surface area contributed by atoms with Gasteiger partial charge < -0.3 is 20.0 Å². The molecule has 2 amide bonds. The molecule has 0 radical (unpaired) electrons. The molecule has 0 aliphatic carbocycles. The number of hydrogen-bond acceptors (Lipinski definition) is 3. The molecule has 3 aromatic rings. The molecule has 0 bridgehead atoms. The first-order valence-corrected chi connectivity index (χ1v) is 8.87. The van der Waals surface area contributed by atoms with Crippen LogP contribution in [-0.2, 0) is 6.54 Å². The Kier molecular flexibility index (Phi) is 5.92. The Morgan fingerprint density at radius 3 is 2.62 bits per heavy atom. The molecular formula is C21H25N3O2. The summed E-state index contributed by atoms with van der Waals surface area (Å²) in [4.78, 5) is 14.3. The molecule has 0 aliphatic rings. The molecule has 0 saturated carbocycles. The normalized spacial score (nSPS) is 12.3. The molecule has 0 aliphatic heterocycles. The third kappa shape index (κ3) is 4.86. The summed E-state index contributed by atoms with van der Waals surface area (Å²) in [5.74, 6) is 0.752. The van der Waals surface area contributed by atoms with Gasteiger partial charge in [-0.1, -0.05) is 48.5 Å². The zero-order valence-corrected chi connectivity index (χ0v) is 15.2. The van der Waals surface area contributed by atoms with Gasteiger partial charge in [-0.2, -0.15) is 0 Å². The number of amides is 2. The fourth-order valence-corrected chi connectivity index (χ4v) is 2.87. The summed E-state index contributed by atoms with van der Waals surface area (Å²) in [5, 5.41) is 6.86. The molecule has 3 rings (SSSR count). The van der Waals surface area contributed by atoms with Gasteiger partial charge in [0.1, 0.15) is 11.3 Å². The average Bonchev–Trinajstić information content (AvgIpc) is 3.07. The topological polar surface area (TPSA) is 57.5 Å². The minimum atomic E-state index is -0.190. The molecule has 136 valence electrons. The van der Waals surface area contributed by atoms with Crippen LogP contribution < -0.4 is 10.6 Å². The number of urea groups is 1. The highest BCUT2D eigenvalue weighted by molar-refractivity contribution is 5.78. The molecule has 0 fully saturated rings. The van der Waals surface area contributed by atoms with Gasteiger partial charge in [0, 0.05) is 25.0 Å². The van der Waals surface area contributed by atoms with Gasteiger partial charge in [-0.3, -0.25) is 0 Å². The Morgan fingerprint density at radius 1 is 1.12 bits per heavy atom. The van der Waals surface area contributed by atoms with E-state index in [4.69, 9.17) is 4.42 Å². The zero-order valence-electron chi connectivity index (χ0n) is 15.2. The lowest BCUT2D eigenvalue weighted by molar-refractivity contribution is 0.233. The van der Waals surface area contributed by atoms with Crippen LogP contribution in [0.25, 0.3) is 11.0 Å². The molecule has 1 aromatic heterocycles. The predicted octanol–water partition coefficient (Wildman–Crippen LogP) is 3.93. The lowest BCUT2D eigenvalue weighted by atomic mass is 10.2. The van der Waals surface area contributed by atoms with E-state index >= 15 is 0 Å². The van der Waals surface area contributed by atoms with Crippen molar-refractivity contribution in [3.8, 4) is 0 Å². The monoisotopic (exact) mass is 351 g/mol. The fourth-order valence-electron chi connectivity index (χ4n) is 2.87. The summed E-state index contributed by atoms with van der Waals surface area (Å²) in [6, 6.07) is 19.7. The van der Waals surface area contributed by atoms with Crippen LogP contribution in [0.3, 0.4) is 0 Å². The highest BCUT2D eigenvalue weighted by Gasteiger charge is 2.13. The van der Waals surface area contributed by atoms with Crippen molar-refractivity contribution < 1.29 is 9.21 Å². The van der Waals surface area contributed by atoms with E-state index in [1.54, 1.807) is 0 Å². The van der Waals surface area contributed by atoms with Crippen LogP contribution in [0.1, 0.15) is 24.3 Å². The molecule has 1 atom stereocenters. The molecule has 5 nitrogen and oxygen atoms in total. The van der Waals surface area contributed by atoms with Crippen molar-refractivity contribution in [2.45, 2.75) is 19.5 Å². The van der Waals surface area contributed by atoms with Crippen LogP contribution in [0.4, 0.5) is 4.79 Å². The molecule has 1 unspecified atom stereocenters. The first kappa shape index (κ1) is 18.0. The number of rotatable bonds is 7. The van der Waals surface area contributed by atoms with E-state index in [2.05, 4.69) is 27.7 Å². The number of nitrogens with zero attached hydrogens (tertiary/aromatic N) is 1. The molecule has 1 heterocycles. The van der Waals surface area contributed by atoms with E-state index in [0.29, 0.717) is 6.54 Å². The number of furan rings is 1. The van der Waals surface area contributed by atoms with Crippen LogP contribution in [0, 0.1) is 0 Å². The smallest absolute Gasteiger partial charge is 0.315 e. The molecule has 2 aromatic carbocycles. The van der Waals surface area contributed by atoms with Gasteiger partial charge in [-0.05, 0) is 31.7 Å². The van der Waals surface area contributed by atoms with Crippen LogP contribution >= 0.6 is 0 Å². The van der Waals surface area contributed by atoms with Crippen LogP contribution in [0.2, 0.25) is 0 Å². The number of carbonyl (C=O) groups excluding carboxylic acids is 1. The van der Waals surface area contributed by atoms with E-state index in [-0.39, 0.29) is 12.1 Å². The minimum absolute atomic E-state index is 0.189. The zero-order chi connectivity index (χ0) is 18.4. The Morgan fingerprint density at radius 2 is 1.85 bits per heavy atom. The number of para-hydroxylation sites is 1. The maximum absolute atomic E-state index is 12.1. The van der Waals surface area contributed by atoms with Gasteiger partial charge in [-0.25, -0.2) is 4.79 Å². The number of nitrogens with one attached hydrogen (secondary N) is 2. The first-order chi connectivity index (χ1) is 12.6. The lowest BCUT2D eigenvalue weighted by Gasteiger charge is -2.18. The van der Waals surface area contributed by atoms with E-state index in [9.17, 15) is 4.79 Å². The van der Waals surface area contributed by atoms with Crippen molar-refractivity contribution >= 4 is 17.0 Å². The summed E-state index contributed by atoms with van der Waals surface area (Å²) in [6.45, 7) is 4.14. The standard InChI is InChI=1S/C21H25N3O2/c1-16(20-14-18-10-6-7-11-19(18)26-20)23-21(25)22-12-13-24(2)15-17-8-4-3-5-9-17/h3-11,14,16H,12-13,15H2,1-2H3,(H2,22,23,25). The van der Waals surface area contributed by atoms with Crippen molar-refractivity contribution in [3.05, 3.63) is 72.0 Å². The SMILES string of the molecule is CC(NC(=O)NCCN(C)Cc1ccccc1)c1cc2ccccc2o1. The van der Waals surface area contributed by atoms with Gasteiger partial charge in [0.2, 0.25) is 0 Å².